The van der Waals surface area contributed by atoms with Gasteiger partial charge in [0.15, 0.2) is 5.82 Å². The van der Waals surface area contributed by atoms with E-state index in [9.17, 15) is 0 Å². The molecule has 4 nitrogen and oxygen atoms in total. The first kappa shape index (κ1) is 12.8. The van der Waals surface area contributed by atoms with E-state index >= 15 is 0 Å². The monoisotopic (exact) mass is 255 g/mol. The van der Waals surface area contributed by atoms with Gasteiger partial charge in [0, 0.05) is 16.9 Å². The summed E-state index contributed by atoms with van der Waals surface area (Å²) in [6.07, 6.45) is 2.40. The normalized spacial score (nSPS) is 18.3. The zero-order chi connectivity index (χ0) is 12.3. The van der Waals surface area contributed by atoms with E-state index < -0.39 is 0 Å². The van der Waals surface area contributed by atoms with Crippen molar-refractivity contribution in [1.29, 1.82) is 0 Å². The highest BCUT2D eigenvalue weighted by molar-refractivity contribution is 7.07. The van der Waals surface area contributed by atoms with Gasteiger partial charge in [-0.2, -0.15) is 9.36 Å². The van der Waals surface area contributed by atoms with Crippen LogP contribution in [-0.2, 0) is 5.41 Å². The van der Waals surface area contributed by atoms with E-state index in [0.29, 0.717) is 11.1 Å². The molecule has 0 amide bonds. The van der Waals surface area contributed by atoms with Gasteiger partial charge >= 0.3 is 0 Å². The Bertz CT molecular complexity index is 353. The minimum atomic E-state index is 0.00681. The molecule has 0 saturated carbocycles. The van der Waals surface area contributed by atoms with Gasteiger partial charge in [-0.25, -0.2) is 0 Å². The molecule has 0 unspecified atom stereocenters. The third kappa shape index (κ3) is 3.64. The molecule has 96 valence electrons. The maximum absolute atomic E-state index is 5.74. The Kier molecular flexibility index (Phi) is 3.99. The Morgan fingerprint density at radius 2 is 2.06 bits per heavy atom. The summed E-state index contributed by atoms with van der Waals surface area (Å²) in [5, 5.41) is 4.07. The summed E-state index contributed by atoms with van der Waals surface area (Å²) in [4.78, 5) is 4.44. The topological polar surface area (TPSA) is 47.0 Å². The second-order valence-corrected chi connectivity index (χ2v) is 6.35. The fraction of sp³-hybridized carbons (Fsp3) is 0.833. The van der Waals surface area contributed by atoms with Crippen LogP contribution in [0.2, 0.25) is 0 Å². The van der Waals surface area contributed by atoms with Crippen molar-refractivity contribution in [2.24, 2.45) is 5.92 Å². The van der Waals surface area contributed by atoms with E-state index in [2.05, 4.69) is 35.4 Å². The van der Waals surface area contributed by atoms with Crippen LogP contribution in [0.15, 0.2) is 0 Å². The molecule has 2 rings (SSSR count). The Balaban J connectivity index is 1.84. The minimum absolute atomic E-state index is 0.00681. The molecule has 1 aromatic heterocycles. The Labute approximate surface area is 107 Å². The van der Waals surface area contributed by atoms with E-state index in [1.807, 2.05) is 0 Å². The molecule has 0 atom stereocenters. The van der Waals surface area contributed by atoms with Crippen molar-refractivity contribution in [1.82, 2.24) is 14.7 Å². The van der Waals surface area contributed by atoms with Crippen molar-refractivity contribution in [2.75, 3.05) is 19.7 Å². The molecule has 0 aliphatic carbocycles. The number of hydrogen-bond acceptors (Lipinski definition) is 5. The summed E-state index contributed by atoms with van der Waals surface area (Å²) >= 11 is 1.37. The smallest absolute Gasteiger partial charge is 0.293 e. The van der Waals surface area contributed by atoms with Crippen molar-refractivity contribution in [3.8, 4) is 5.19 Å². The molecule has 1 fully saturated rings. The molecule has 1 N–H and O–H groups in total. The molecule has 0 bridgehead atoms. The first-order valence-corrected chi connectivity index (χ1v) is 7.01. The highest BCUT2D eigenvalue weighted by Gasteiger charge is 2.21. The maximum Gasteiger partial charge on any atom is 0.293 e. The van der Waals surface area contributed by atoms with Crippen molar-refractivity contribution >= 4 is 11.5 Å². The van der Waals surface area contributed by atoms with E-state index in [-0.39, 0.29) is 5.41 Å². The standard InChI is InChI=1S/C12H21N3OS/c1-12(2,3)10-14-11(17-15-10)16-8-9-4-6-13-7-5-9/h9,13H,4-8H2,1-3H3. The number of piperidine rings is 1. The van der Waals surface area contributed by atoms with Crippen LogP contribution in [0, 0.1) is 5.92 Å². The highest BCUT2D eigenvalue weighted by atomic mass is 32.1. The zero-order valence-corrected chi connectivity index (χ0v) is 11.6. The Morgan fingerprint density at radius 3 is 2.65 bits per heavy atom. The van der Waals surface area contributed by atoms with Crippen LogP contribution in [0.5, 0.6) is 5.19 Å². The summed E-state index contributed by atoms with van der Waals surface area (Å²) in [6.45, 7) is 9.35. The summed E-state index contributed by atoms with van der Waals surface area (Å²) in [7, 11) is 0. The molecule has 1 aliphatic heterocycles. The van der Waals surface area contributed by atoms with Crippen molar-refractivity contribution in [3.63, 3.8) is 0 Å². The largest absolute Gasteiger partial charge is 0.469 e. The molecular formula is C12H21N3OS. The lowest BCUT2D eigenvalue weighted by molar-refractivity contribution is 0.214. The van der Waals surface area contributed by atoms with Crippen LogP contribution in [-0.4, -0.2) is 29.1 Å². The third-order valence-corrected chi connectivity index (χ3v) is 3.61. The lowest BCUT2D eigenvalue weighted by Gasteiger charge is -2.21. The molecule has 0 spiro atoms. The van der Waals surface area contributed by atoms with Crippen LogP contribution in [0.25, 0.3) is 0 Å². The lowest BCUT2D eigenvalue weighted by Crippen LogP contribution is -2.30. The molecule has 17 heavy (non-hydrogen) atoms. The molecule has 2 heterocycles. The molecular weight excluding hydrogens is 234 g/mol. The fourth-order valence-corrected chi connectivity index (χ4v) is 2.54. The maximum atomic E-state index is 5.74. The van der Waals surface area contributed by atoms with E-state index in [1.165, 1.54) is 24.4 Å². The van der Waals surface area contributed by atoms with Crippen LogP contribution >= 0.6 is 11.5 Å². The summed E-state index contributed by atoms with van der Waals surface area (Å²) in [5.74, 6) is 1.54. The van der Waals surface area contributed by atoms with Gasteiger partial charge < -0.3 is 10.1 Å². The van der Waals surface area contributed by atoms with Gasteiger partial charge in [0.1, 0.15) is 0 Å². The number of aromatic nitrogens is 2. The van der Waals surface area contributed by atoms with Crippen LogP contribution in [0.1, 0.15) is 39.4 Å². The number of nitrogens with zero attached hydrogens (tertiary/aromatic N) is 2. The number of ether oxygens (including phenoxy) is 1. The van der Waals surface area contributed by atoms with Gasteiger partial charge in [0.05, 0.1) is 6.61 Å². The van der Waals surface area contributed by atoms with Crippen LogP contribution in [0.3, 0.4) is 0 Å². The highest BCUT2D eigenvalue weighted by Crippen LogP contribution is 2.25. The third-order valence-electron chi connectivity index (χ3n) is 2.98. The van der Waals surface area contributed by atoms with Crippen LogP contribution < -0.4 is 10.1 Å². The quantitative estimate of drug-likeness (QED) is 0.899. The minimum Gasteiger partial charge on any atom is -0.469 e. The Hall–Kier alpha value is -0.680. The predicted molar refractivity (Wildman–Crippen MR) is 69.7 cm³/mol. The van der Waals surface area contributed by atoms with Crippen molar-refractivity contribution in [3.05, 3.63) is 5.82 Å². The van der Waals surface area contributed by atoms with E-state index in [4.69, 9.17) is 4.74 Å². The van der Waals surface area contributed by atoms with E-state index in [0.717, 1.165) is 25.5 Å². The predicted octanol–water partition coefficient (Wildman–Crippen LogP) is 2.21. The summed E-state index contributed by atoms with van der Waals surface area (Å²) in [5.41, 5.74) is 0.00681. The van der Waals surface area contributed by atoms with Crippen molar-refractivity contribution < 1.29 is 4.74 Å². The molecule has 1 aliphatic rings. The van der Waals surface area contributed by atoms with Gasteiger partial charge in [-0.1, -0.05) is 20.8 Å². The lowest BCUT2D eigenvalue weighted by atomic mass is 9.96. The van der Waals surface area contributed by atoms with Gasteiger partial charge in [0.25, 0.3) is 5.19 Å². The van der Waals surface area contributed by atoms with Gasteiger partial charge in [-0.3, -0.25) is 0 Å². The average Bonchev–Trinajstić information content (AvgIpc) is 2.76. The molecule has 5 heteroatoms. The first-order chi connectivity index (χ1) is 8.05. The molecule has 0 radical (unpaired) electrons. The second kappa shape index (κ2) is 5.31. The number of rotatable bonds is 3. The number of nitrogens with one attached hydrogen (secondary N) is 1. The second-order valence-electron chi connectivity index (χ2n) is 5.64. The fourth-order valence-electron chi connectivity index (χ4n) is 1.81. The SMILES string of the molecule is CC(C)(C)c1nsc(OCC2CCNCC2)n1. The van der Waals surface area contributed by atoms with Crippen molar-refractivity contribution in [2.45, 2.75) is 39.0 Å². The molecule has 0 aromatic carbocycles. The molecule has 1 saturated heterocycles. The van der Waals surface area contributed by atoms with Gasteiger partial charge in [-0.15, -0.1) is 0 Å². The van der Waals surface area contributed by atoms with Gasteiger partial charge in [-0.05, 0) is 31.8 Å². The molecule has 1 aromatic rings. The first-order valence-electron chi connectivity index (χ1n) is 6.23. The summed E-state index contributed by atoms with van der Waals surface area (Å²) in [6, 6.07) is 0. The van der Waals surface area contributed by atoms with Crippen LogP contribution in [0.4, 0.5) is 0 Å². The zero-order valence-electron chi connectivity index (χ0n) is 10.8. The average molecular weight is 255 g/mol. The Morgan fingerprint density at radius 1 is 1.35 bits per heavy atom. The van der Waals surface area contributed by atoms with E-state index in [1.54, 1.807) is 0 Å². The van der Waals surface area contributed by atoms with Gasteiger partial charge in [0.2, 0.25) is 0 Å². The number of hydrogen-bond donors (Lipinski definition) is 1. The summed E-state index contributed by atoms with van der Waals surface area (Å²) < 4.78 is 10.1.